The van der Waals surface area contributed by atoms with Gasteiger partial charge in [-0.05, 0) is 47.9 Å². The topological polar surface area (TPSA) is 90.7 Å². The minimum Gasteiger partial charge on any atom is -0.468 e. The van der Waals surface area contributed by atoms with E-state index < -0.39 is 12.0 Å². The van der Waals surface area contributed by atoms with Crippen molar-refractivity contribution >= 4 is 57.9 Å². The molecule has 1 aliphatic rings. The van der Waals surface area contributed by atoms with Gasteiger partial charge in [0.2, 0.25) is 0 Å². The lowest BCUT2D eigenvalue weighted by atomic mass is 10.1. The summed E-state index contributed by atoms with van der Waals surface area (Å²) in [5, 5.41) is 2.97. The number of methoxy groups -OCH3 is 1. The summed E-state index contributed by atoms with van der Waals surface area (Å²) in [6, 6.07) is 11.7. The van der Waals surface area contributed by atoms with E-state index >= 15 is 0 Å². The van der Waals surface area contributed by atoms with Crippen molar-refractivity contribution in [1.82, 2.24) is 5.32 Å². The van der Waals surface area contributed by atoms with Crippen molar-refractivity contribution in [2.24, 2.45) is 5.73 Å². The van der Waals surface area contributed by atoms with E-state index in [-0.39, 0.29) is 5.91 Å². The lowest BCUT2D eigenvalue weighted by Crippen LogP contribution is -2.33. The number of hydrogen-bond acceptors (Lipinski definition) is 7. The molecule has 3 rings (SSSR count). The summed E-state index contributed by atoms with van der Waals surface area (Å²) in [7, 11) is 1.31. The molecule has 0 unspecified atom stereocenters. The van der Waals surface area contributed by atoms with Gasteiger partial charge in [0, 0.05) is 0 Å². The standard InChI is InChI=1S/C20H17ClN2O4S2/c1-26-19(25)15(22)9-11-2-5-13(6-3-11)27-16-7-4-12(8-14(16)21)10-17-18(24)23-20(28)29-17/h2-8,10,15H,9,22H2,1H3,(H,23,24,28)/t15-/m0/s1. The maximum atomic E-state index is 11.8. The zero-order valence-electron chi connectivity index (χ0n) is 15.3. The summed E-state index contributed by atoms with van der Waals surface area (Å²) in [5.74, 6) is 0.391. The molecule has 0 spiro atoms. The number of ether oxygens (including phenoxy) is 2. The van der Waals surface area contributed by atoms with E-state index in [0.29, 0.717) is 32.2 Å². The molecule has 0 aromatic heterocycles. The van der Waals surface area contributed by atoms with Gasteiger partial charge < -0.3 is 20.5 Å². The minimum absolute atomic E-state index is 0.219. The van der Waals surface area contributed by atoms with Crippen LogP contribution in [0, 0.1) is 0 Å². The summed E-state index contributed by atoms with van der Waals surface area (Å²) in [6.45, 7) is 0. The molecule has 29 heavy (non-hydrogen) atoms. The van der Waals surface area contributed by atoms with E-state index in [2.05, 4.69) is 10.1 Å². The molecular weight excluding hydrogens is 432 g/mol. The van der Waals surface area contributed by atoms with Crippen molar-refractivity contribution in [3.63, 3.8) is 0 Å². The van der Waals surface area contributed by atoms with Crippen molar-refractivity contribution in [2.75, 3.05) is 7.11 Å². The molecule has 0 radical (unpaired) electrons. The smallest absolute Gasteiger partial charge is 0.322 e. The Kier molecular flexibility index (Phi) is 6.92. The van der Waals surface area contributed by atoms with Crippen LogP contribution < -0.4 is 15.8 Å². The Morgan fingerprint density at radius 2 is 2.03 bits per heavy atom. The Bertz CT molecular complexity index is 992. The number of benzene rings is 2. The third kappa shape index (κ3) is 5.57. The van der Waals surface area contributed by atoms with Crippen LogP contribution in [0.25, 0.3) is 6.08 Å². The molecule has 0 aliphatic carbocycles. The number of carbonyl (C=O) groups is 2. The van der Waals surface area contributed by atoms with Gasteiger partial charge in [0.15, 0.2) is 0 Å². The Hall–Kier alpha value is -2.39. The average Bonchev–Trinajstić information content (AvgIpc) is 3.01. The van der Waals surface area contributed by atoms with Crippen LogP contribution in [-0.4, -0.2) is 29.3 Å². The van der Waals surface area contributed by atoms with Crippen LogP contribution in [0.5, 0.6) is 11.5 Å². The molecule has 1 aliphatic heterocycles. The first-order valence-electron chi connectivity index (χ1n) is 8.50. The molecule has 3 N–H and O–H groups in total. The van der Waals surface area contributed by atoms with Gasteiger partial charge >= 0.3 is 5.97 Å². The summed E-state index contributed by atoms with van der Waals surface area (Å²) >= 11 is 12.5. The fourth-order valence-corrected chi connectivity index (χ4v) is 3.84. The fraction of sp³-hybridized carbons (Fsp3) is 0.150. The van der Waals surface area contributed by atoms with E-state index in [1.165, 1.54) is 18.9 Å². The normalized spacial score (nSPS) is 15.9. The zero-order chi connectivity index (χ0) is 21.0. The third-order valence-electron chi connectivity index (χ3n) is 4.01. The van der Waals surface area contributed by atoms with Crippen LogP contribution in [0.3, 0.4) is 0 Å². The molecule has 1 fully saturated rings. The maximum absolute atomic E-state index is 11.8. The Morgan fingerprint density at radius 3 is 2.62 bits per heavy atom. The van der Waals surface area contributed by atoms with Crippen molar-refractivity contribution in [3.05, 3.63) is 63.5 Å². The molecule has 2 aromatic rings. The van der Waals surface area contributed by atoms with Gasteiger partial charge in [-0.2, -0.15) is 0 Å². The number of rotatable bonds is 6. The lowest BCUT2D eigenvalue weighted by molar-refractivity contribution is -0.142. The molecule has 1 amide bonds. The number of hydrogen-bond donors (Lipinski definition) is 2. The number of esters is 1. The second kappa shape index (κ2) is 9.41. The number of thiocarbonyl (C=S) groups is 1. The average molecular weight is 449 g/mol. The van der Waals surface area contributed by atoms with Gasteiger partial charge in [-0.25, -0.2) is 0 Å². The predicted octanol–water partition coefficient (Wildman–Crippen LogP) is 3.66. The van der Waals surface area contributed by atoms with E-state index in [9.17, 15) is 9.59 Å². The number of nitrogens with one attached hydrogen (secondary N) is 1. The van der Waals surface area contributed by atoms with E-state index in [0.717, 1.165) is 11.1 Å². The lowest BCUT2D eigenvalue weighted by Gasteiger charge is -2.11. The summed E-state index contributed by atoms with van der Waals surface area (Å²) in [5.41, 5.74) is 7.41. The van der Waals surface area contributed by atoms with Crippen LogP contribution in [-0.2, 0) is 20.7 Å². The maximum Gasteiger partial charge on any atom is 0.322 e. The second-order valence-corrected chi connectivity index (χ2v) is 8.25. The second-order valence-electron chi connectivity index (χ2n) is 6.12. The van der Waals surface area contributed by atoms with E-state index in [1.807, 2.05) is 12.1 Å². The number of nitrogens with two attached hydrogens (primary N) is 1. The first-order chi connectivity index (χ1) is 13.9. The molecule has 9 heteroatoms. The molecular formula is C20H17ClN2O4S2. The van der Waals surface area contributed by atoms with E-state index in [4.69, 9.17) is 34.3 Å². The third-order valence-corrected chi connectivity index (χ3v) is 5.46. The van der Waals surface area contributed by atoms with Gasteiger partial charge in [-0.15, -0.1) is 0 Å². The Balaban J connectivity index is 1.67. The number of carbonyl (C=O) groups excluding carboxylic acids is 2. The van der Waals surface area contributed by atoms with E-state index in [1.54, 1.807) is 36.4 Å². The van der Waals surface area contributed by atoms with Gasteiger partial charge in [-0.3, -0.25) is 9.59 Å². The Labute approximate surface area is 182 Å². The first kappa shape index (κ1) is 21.3. The monoisotopic (exact) mass is 448 g/mol. The highest BCUT2D eigenvalue weighted by molar-refractivity contribution is 8.26. The number of halogens is 1. The van der Waals surface area contributed by atoms with Crippen LogP contribution in [0.15, 0.2) is 47.4 Å². The van der Waals surface area contributed by atoms with Crippen molar-refractivity contribution < 1.29 is 19.1 Å². The number of thioether (sulfide) groups is 1. The van der Waals surface area contributed by atoms with Gasteiger partial charge in [0.05, 0.1) is 17.0 Å². The Morgan fingerprint density at radius 1 is 1.31 bits per heavy atom. The summed E-state index contributed by atoms with van der Waals surface area (Å²) in [6.07, 6.45) is 2.08. The highest BCUT2D eigenvalue weighted by Gasteiger charge is 2.22. The molecule has 0 saturated carbocycles. The molecule has 1 heterocycles. The molecule has 6 nitrogen and oxygen atoms in total. The largest absolute Gasteiger partial charge is 0.468 e. The molecule has 2 aromatic carbocycles. The summed E-state index contributed by atoms with van der Waals surface area (Å²) < 4.78 is 10.9. The SMILES string of the molecule is COC(=O)[C@@H](N)Cc1ccc(Oc2ccc(C=C3SC(=S)NC3=O)cc2Cl)cc1. The zero-order valence-corrected chi connectivity index (χ0v) is 17.7. The minimum atomic E-state index is -0.711. The molecule has 150 valence electrons. The quantitative estimate of drug-likeness (QED) is 0.396. The highest BCUT2D eigenvalue weighted by Crippen LogP contribution is 2.32. The van der Waals surface area contributed by atoms with Crippen molar-refractivity contribution in [3.8, 4) is 11.5 Å². The fourth-order valence-electron chi connectivity index (χ4n) is 2.57. The van der Waals surface area contributed by atoms with Crippen LogP contribution in [0.4, 0.5) is 0 Å². The number of amides is 1. The van der Waals surface area contributed by atoms with Crippen LogP contribution >= 0.6 is 35.6 Å². The first-order valence-corrected chi connectivity index (χ1v) is 10.1. The predicted molar refractivity (Wildman–Crippen MR) is 118 cm³/mol. The van der Waals surface area contributed by atoms with Gasteiger partial charge in [0.1, 0.15) is 21.9 Å². The van der Waals surface area contributed by atoms with Crippen LogP contribution in [0.2, 0.25) is 5.02 Å². The van der Waals surface area contributed by atoms with Crippen molar-refractivity contribution in [1.29, 1.82) is 0 Å². The van der Waals surface area contributed by atoms with Gasteiger partial charge in [0.25, 0.3) is 5.91 Å². The van der Waals surface area contributed by atoms with Crippen LogP contribution in [0.1, 0.15) is 11.1 Å². The van der Waals surface area contributed by atoms with Gasteiger partial charge in [-0.1, -0.05) is 53.8 Å². The highest BCUT2D eigenvalue weighted by atomic mass is 35.5. The molecule has 1 saturated heterocycles. The molecule has 1 atom stereocenters. The summed E-state index contributed by atoms with van der Waals surface area (Å²) in [4.78, 5) is 23.7. The van der Waals surface area contributed by atoms with Crippen molar-refractivity contribution in [2.45, 2.75) is 12.5 Å². The molecule has 0 bridgehead atoms.